The summed E-state index contributed by atoms with van der Waals surface area (Å²) < 4.78 is 0. The van der Waals surface area contributed by atoms with E-state index in [0.717, 1.165) is 5.75 Å². The molecular weight excluding hydrogens is 260 g/mol. The molecule has 0 aliphatic rings. The van der Waals surface area contributed by atoms with Gasteiger partial charge in [0.2, 0.25) is 0 Å². The van der Waals surface area contributed by atoms with E-state index in [2.05, 4.69) is 79.9 Å². The van der Waals surface area contributed by atoms with Crippen molar-refractivity contribution in [3.8, 4) is 0 Å². The number of fused-ring (bicyclic) bond motifs is 1. The first-order chi connectivity index (χ1) is 9.74. The van der Waals surface area contributed by atoms with E-state index in [-0.39, 0.29) is 10.9 Å². The molecule has 3 aromatic carbocycles. The maximum atomic E-state index is 2.34. The summed E-state index contributed by atoms with van der Waals surface area (Å²) in [5.74, 6) is 1.12. The summed E-state index contributed by atoms with van der Waals surface area (Å²) in [6, 6.07) is 24.2. The quantitative estimate of drug-likeness (QED) is 0.595. The highest BCUT2D eigenvalue weighted by Gasteiger charge is 2.17. The van der Waals surface area contributed by atoms with Gasteiger partial charge in [0.25, 0.3) is 0 Å². The molecule has 0 heterocycles. The van der Waals surface area contributed by atoms with Crippen LogP contribution < -0.4 is 0 Å². The number of hydrogen-bond acceptors (Lipinski definition) is 0. The number of aryl methyl sites for hydroxylation is 1. The van der Waals surface area contributed by atoms with E-state index in [4.69, 9.17) is 0 Å². The fourth-order valence-electron chi connectivity index (χ4n) is 2.51. The van der Waals surface area contributed by atoms with Crippen LogP contribution in [0.15, 0.2) is 71.6 Å². The minimum Gasteiger partial charge on any atom is -0.0616 e. The summed E-state index contributed by atoms with van der Waals surface area (Å²) in [4.78, 5) is 1.45. The van der Waals surface area contributed by atoms with Crippen molar-refractivity contribution in [3.05, 3.63) is 77.9 Å². The molecule has 20 heavy (non-hydrogen) atoms. The SMILES string of the molecule is Cc1ccc([S+](C)Cc2cccc3ccccc23)cc1. The predicted octanol–water partition coefficient (Wildman–Crippen LogP) is 4.96. The lowest BCUT2D eigenvalue weighted by Gasteiger charge is -2.07. The fraction of sp³-hybridized carbons (Fsp3) is 0.158. The van der Waals surface area contributed by atoms with Gasteiger partial charge in [-0.15, -0.1) is 0 Å². The van der Waals surface area contributed by atoms with Crippen LogP contribution in [0.3, 0.4) is 0 Å². The Hall–Kier alpha value is -1.73. The molecule has 0 bridgehead atoms. The van der Waals surface area contributed by atoms with Gasteiger partial charge in [0.15, 0.2) is 4.90 Å². The zero-order valence-electron chi connectivity index (χ0n) is 12.0. The van der Waals surface area contributed by atoms with E-state index >= 15 is 0 Å². The molecule has 3 aromatic rings. The molecule has 0 fully saturated rings. The minimum absolute atomic E-state index is 0.251. The summed E-state index contributed by atoms with van der Waals surface area (Å²) in [5, 5.41) is 2.73. The standard InChI is InChI=1S/C19H19S/c1-15-10-12-18(13-11-15)20(2)14-17-8-5-7-16-6-3-4-9-19(16)17/h3-13H,14H2,1-2H3/q+1. The van der Waals surface area contributed by atoms with Crippen LogP contribution in [0.5, 0.6) is 0 Å². The average molecular weight is 279 g/mol. The molecule has 0 aliphatic carbocycles. The van der Waals surface area contributed by atoms with Crippen LogP contribution in [0, 0.1) is 6.92 Å². The van der Waals surface area contributed by atoms with Crippen molar-refractivity contribution in [3.63, 3.8) is 0 Å². The topological polar surface area (TPSA) is 0 Å². The van der Waals surface area contributed by atoms with Crippen LogP contribution in [0.2, 0.25) is 0 Å². The predicted molar refractivity (Wildman–Crippen MR) is 90.4 cm³/mol. The number of benzene rings is 3. The second kappa shape index (κ2) is 5.72. The van der Waals surface area contributed by atoms with Crippen molar-refractivity contribution in [1.82, 2.24) is 0 Å². The van der Waals surface area contributed by atoms with Gasteiger partial charge >= 0.3 is 0 Å². The molecule has 0 aromatic heterocycles. The van der Waals surface area contributed by atoms with Gasteiger partial charge in [0, 0.05) is 16.5 Å². The molecule has 0 spiro atoms. The van der Waals surface area contributed by atoms with Crippen molar-refractivity contribution < 1.29 is 0 Å². The van der Waals surface area contributed by atoms with Crippen LogP contribution in [0.25, 0.3) is 10.8 Å². The van der Waals surface area contributed by atoms with Crippen molar-refractivity contribution in [2.75, 3.05) is 6.26 Å². The summed E-state index contributed by atoms with van der Waals surface area (Å²) in [6.07, 6.45) is 2.34. The van der Waals surface area contributed by atoms with E-state index in [0.29, 0.717) is 0 Å². The second-order valence-corrected chi connectivity index (χ2v) is 7.27. The maximum absolute atomic E-state index is 2.34. The van der Waals surface area contributed by atoms with Gasteiger partial charge < -0.3 is 0 Å². The van der Waals surface area contributed by atoms with Crippen molar-refractivity contribution in [1.29, 1.82) is 0 Å². The van der Waals surface area contributed by atoms with Crippen molar-refractivity contribution in [2.24, 2.45) is 0 Å². The third kappa shape index (κ3) is 2.73. The summed E-state index contributed by atoms with van der Waals surface area (Å²) >= 11 is 0. The minimum atomic E-state index is 0.251. The molecule has 0 aliphatic heterocycles. The average Bonchev–Trinajstić information content (AvgIpc) is 2.48. The van der Waals surface area contributed by atoms with Crippen molar-refractivity contribution in [2.45, 2.75) is 17.6 Å². The number of hydrogen-bond donors (Lipinski definition) is 0. The summed E-state index contributed by atoms with van der Waals surface area (Å²) in [7, 11) is 0.251. The van der Waals surface area contributed by atoms with Gasteiger partial charge in [0.05, 0.1) is 0 Å². The normalized spacial score (nSPS) is 12.5. The molecule has 0 N–H and O–H groups in total. The van der Waals surface area contributed by atoms with Gasteiger partial charge in [0.1, 0.15) is 12.0 Å². The zero-order chi connectivity index (χ0) is 13.9. The Morgan fingerprint density at radius 2 is 1.50 bits per heavy atom. The maximum Gasteiger partial charge on any atom is 0.154 e. The fourth-order valence-corrected chi connectivity index (χ4v) is 3.99. The van der Waals surface area contributed by atoms with Crippen molar-refractivity contribution >= 4 is 21.7 Å². The van der Waals surface area contributed by atoms with E-state index in [1.807, 2.05) is 0 Å². The highest BCUT2D eigenvalue weighted by molar-refractivity contribution is 7.95. The summed E-state index contributed by atoms with van der Waals surface area (Å²) in [6.45, 7) is 2.14. The van der Waals surface area contributed by atoms with Crippen LogP contribution in [-0.2, 0) is 16.6 Å². The molecule has 0 amide bonds. The van der Waals surface area contributed by atoms with Gasteiger partial charge in [-0.2, -0.15) is 0 Å². The molecule has 0 nitrogen and oxygen atoms in total. The number of rotatable bonds is 3. The van der Waals surface area contributed by atoms with Crippen LogP contribution in [0.4, 0.5) is 0 Å². The van der Waals surface area contributed by atoms with Crippen LogP contribution >= 0.6 is 0 Å². The Labute approximate surface area is 123 Å². The molecule has 1 heteroatoms. The van der Waals surface area contributed by atoms with E-state index in [1.165, 1.54) is 26.8 Å². The van der Waals surface area contributed by atoms with E-state index in [9.17, 15) is 0 Å². The van der Waals surface area contributed by atoms with E-state index in [1.54, 1.807) is 0 Å². The van der Waals surface area contributed by atoms with Gasteiger partial charge in [-0.05, 0) is 29.8 Å². The molecular formula is C19H19S+. The Kier molecular flexibility index (Phi) is 3.79. The third-order valence-corrected chi connectivity index (χ3v) is 5.50. The smallest absolute Gasteiger partial charge is 0.0616 e. The third-order valence-electron chi connectivity index (χ3n) is 3.68. The lowest BCUT2D eigenvalue weighted by Crippen LogP contribution is -2.04. The molecule has 1 unspecified atom stereocenters. The molecule has 100 valence electrons. The van der Waals surface area contributed by atoms with Gasteiger partial charge in [-0.25, -0.2) is 0 Å². The summed E-state index contributed by atoms with van der Waals surface area (Å²) in [5.41, 5.74) is 2.78. The van der Waals surface area contributed by atoms with Crippen LogP contribution in [-0.4, -0.2) is 6.26 Å². The zero-order valence-corrected chi connectivity index (χ0v) is 12.8. The molecule has 0 radical (unpaired) electrons. The largest absolute Gasteiger partial charge is 0.154 e. The molecule has 0 saturated heterocycles. The van der Waals surface area contributed by atoms with E-state index < -0.39 is 0 Å². The highest BCUT2D eigenvalue weighted by Crippen LogP contribution is 2.23. The Morgan fingerprint density at radius 1 is 0.800 bits per heavy atom. The molecule has 1 atom stereocenters. The highest BCUT2D eigenvalue weighted by atomic mass is 32.2. The Morgan fingerprint density at radius 3 is 2.30 bits per heavy atom. The van der Waals surface area contributed by atoms with Crippen LogP contribution in [0.1, 0.15) is 11.1 Å². The molecule has 0 saturated carbocycles. The first-order valence-electron chi connectivity index (χ1n) is 6.90. The first-order valence-corrected chi connectivity index (χ1v) is 8.70. The van der Waals surface area contributed by atoms with Gasteiger partial charge in [-0.1, -0.05) is 60.2 Å². The lowest BCUT2D eigenvalue weighted by atomic mass is 10.1. The Bertz CT molecular complexity index is 708. The lowest BCUT2D eigenvalue weighted by molar-refractivity contribution is 1.34. The molecule has 3 rings (SSSR count). The monoisotopic (exact) mass is 279 g/mol. The Balaban J connectivity index is 1.91. The van der Waals surface area contributed by atoms with Gasteiger partial charge in [-0.3, -0.25) is 0 Å². The first kappa shape index (κ1) is 13.3. The second-order valence-electron chi connectivity index (χ2n) is 5.23.